The van der Waals surface area contributed by atoms with Crippen LogP contribution in [-0.2, 0) is 0 Å². The van der Waals surface area contributed by atoms with E-state index in [0.29, 0.717) is 23.0 Å². The molecule has 0 spiro atoms. The van der Waals surface area contributed by atoms with Crippen LogP contribution in [0.3, 0.4) is 0 Å². The van der Waals surface area contributed by atoms with Gasteiger partial charge in [-0.1, -0.05) is 0 Å². The van der Waals surface area contributed by atoms with Crippen LogP contribution in [0.2, 0.25) is 0 Å². The van der Waals surface area contributed by atoms with Gasteiger partial charge in [-0.05, 0) is 57.0 Å². The molecule has 0 radical (unpaired) electrons. The summed E-state index contributed by atoms with van der Waals surface area (Å²) in [6.07, 6.45) is 4.84. The van der Waals surface area contributed by atoms with Crippen molar-refractivity contribution < 1.29 is 4.79 Å². The van der Waals surface area contributed by atoms with Crippen molar-refractivity contribution >= 4 is 17.3 Å². The van der Waals surface area contributed by atoms with Gasteiger partial charge in [0, 0.05) is 30.5 Å². The highest BCUT2D eigenvalue weighted by Gasteiger charge is 2.30. The van der Waals surface area contributed by atoms with Gasteiger partial charge in [0.2, 0.25) is 0 Å². The van der Waals surface area contributed by atoms with E-state index in [1.165, 1.54) is 32.4 Å². The minimum atomic E-state index is 0.0383. The number of nitrogens with two attached hydrogens (primary N) is 2. The Labute approximate surface area is 125 Å². The van der Waals surface area contributed by atoms with Gasteiger partial charge in [0.1, 0.15) is 0 Å². The van der Waals surface area contributed by atoms with E-state index in [1.54, 1.807) is 18.2 Å². The predicted molar refractivity (Wildman–Crippen MR) is 85.0 cm³/mol. The topological polar surface area (TPSA) is 75.6 Å². The monoisotopic (exact) mass is 288 g/mol. The summed E-state index contributed by atoms with van der Waals surface area (Å²) in [5, 5.41) is 0. The number of rotatable bonds is 2. The van der Waals surface area contributed by atoms with Crippen molar-refractivity contribution in [3.63, 3.8) is 0 Å². The van der Waals surface area contributed by atoms with E-state index in [0.717, 1.165) is 19.5 Å². The lowest BCUT2D eigenvalue weighted by molar-refractivity contribution is 0.0609. The van der Waals surface area contributed by atoms with Gasteiger partial charge in [-0.25, -0.2) is 0 Å². The number of anilines is 2. The average molecular weight is 288 g/mol. The summed E-state index contributed by atoms with van der Waals surface area (Å²) in [6, 6.07) is 5.66. The largest absolute Gasteiger partial charge is 0.399 e. The Morgan fingerprint density at radius 3 is 2.57 bits per heavy atom. The molecule has 0 aliphatic carbocycles. The fraction of sp³-hybridized carbons (Fsp3) is 0.562. The number of nitrogen functional groups attached to an aromatic ring is 2. The first kappa shape index (κ1) is 14.2. The molecular weight excluding hydrogens is 264 g/mol. The van der Waals surface area contributed by atoms with E-state index in [2.05, 4.69) is 4.90 Å². The van der Waals surface area contributed by atoms with Gasteiger partial charge in [0.05, 0.1) is 5.56 Å². The number of likely N-dealkylation sites (tertiary alicyclic amines) is 2. The molecule has 2 aliphatic heterocycles. The Kier molecular flexibility index (Phi) is 4.01. The van der Waals surface area contributed by atoms with Crippen LogP contribution < -0.4 is 11.5 Å². The number of amides is 1. The Morgan fingerprint density at radius 1 is 1.10 bits per heavy atom. The molecule has 21 heavy (non-hydrogen) atoms. The smallest absolute Gasteiger partial charge is 0.255 e. The van der Waals surface area contributed by atoms with E-state index in [9.17, 15) is 4.79 Å². The van der Waals surface area contributed by atoms with Crippen molar-refractivity contribution in [1.29, 1.82) is 0 Å². The normalized spacial score (nSPS) is 23.4. The second-order valence-corrected chi connectivity index (χ2v) is 6.14. The molecular formula is C16H24N4O. The van der Waals surface area contributed by atoms with Gasteiger partial charge in [0.15, 0.2) is 0 Å². The van der Waals surface area contributed by atoms with Gasteiger partial charge in [-0.15, -0.1) is 0 Å². The van der Waals surface area contributed by atoms with Crippen molar-refractivity contribution in [3.8, 4) is 0 Å². The molecule has 1 atom stereocenters. The Balaban J connectivity index is 1.71. The summed E-state index contributed by atoms with van der Waals surface area (Å²) in [6.45, 7) is 4.00. The molecule has 0 saturated carbocycles. The van der Waals surface area contributed by atoms with Crippen molar-refractivity contribution in [1.82, 2.24) is 9.80 Å². The Bertz CT molecular complexity index is 525. The van der Waals surface area contributed by atoms with Gasteiger partial charge < -0.3 is 16.4 Å². The molecule has 1 aromatic carbocycles. The zero-order chi connectivity index (χ0) is 14.8. The molecule has 1 aromatic rings. The number of carbonyl (C=O) groups excluding carboxylic acids is 1. The third-order valence-electron chi connectivity index (χ3n) is 4.65. The lowest BCUT2D eigenvalue weighted by atomic mass is 10.0. The predicted octanol–water partition coefficient (Wildman–Crippen LogP) is 1.55. The number of carbonyl (C=O) groups is 1. The highest BCUT2D eigenvalue weighted by molar-refractivity contribution is 5.99. The first-order valence-corrected chi connectivity index (χ1v) is 7.83. The summed E-state index contributed by atoms with van der Waals surface area (Å²) in [5.41, 5.74) is 13.3. The maximum atomic E-state index is 12.7. The third kappa shape index (κ3) is 2.97. The second-order valence-electron chi connectivity index (χ2n) is 6.14. The Morgan fingerprint density at radius 2 is 1.86 bits per heavy atom. The number of benzene rings is 1. The quantitative estimate of drug-likeness (QED) is 0.810. The van der Waals surface area contributed by atoms with Gasteiger partial charge in [-0.3, -0.25) is 9.69 Å². The minimum absolute atomic E-state index is 0.0383. The zero-order valence-electron chi connectivity index (χ0n) is 12.4. The van der Waals surface area contributed by atoms with Crippen LogP contribution in [-0.4, -0.2) is 47.9 Å². The summed E-state index contributed by atoms with van der Waals surface area (Å²) in [5.74, 6) is 0.0383. The fourth-order valence-corrected chi connectivity index (χ4v) is 3.49. The summed E-state index contributed by atoms with van der Waals surface area (Å²) >= 11 is 0. The first-order chi connectivity index (χ1) is 10.1. The molecule has 5 nitrogen and oxygen atoms in total. The fourth-order valence-electron chi connectivity index (χ4n) is 3.49. The van der Waals surface area contributed by atoms with E-state index in [-0.39, 0.29) is 5.91 Å². The molecule has 1 unspecified atom stereocenters. The molecule has 3 rings (SSSR count). The van der Waals surface area contributed by atoms with Crippen molar-refractivity contribution in [2.45, 2.75) is 31.7 Å². The van der Waals surface area contributed by atoms with Crippen molar-refractivity contribution in [2.75, 3.05) is 37.6 Å². The SMILES string of the molecule is Nc1ccc(C(=O)N2CCCC(N3CCCC3)C2)c(N)c1. The van der Waals surface area contributed by atoms with Crippen LogP contribution >= 0.6 is 0 Å². The van der Waals surface area contributed by atoms with Crippen LogP contribution in [0, 0.1) is 0 Å². The molecule has 2 heterocycles. The van der Waals surface area contributed by atoms with Gasteiger partial charge in [-0.2, -0.15) is 0 Å². The summed E-state index contributed by atoms with van der Waals surface area (Å²) < 4.78 is 0. The summed E-state index contributed by atoms with van der Waals surface area (Å²) in [7, 11) is 0. The number of hydrogen-bond acceptors (Lipinski definition) is 4. The zero-order valence-corrected chi connectivity index (χ0v) is 12.4. The minimum Gasteiger partial charge on any atom is -0.399 e. The van der Waals surface area contributed by atoms with Crippen molar-refractivity contribution in [2.24, 2.45) is 0 Å². The number of hydrogen-bond donors (Lipinski definition) is 2. The van der Waals surface area contributed by atoms with Gasteiger partial charge in [0.25, 0.3) is 5.91 Å². The molecule has 2 fully saturated rings. The highest BCUT2D eigenvalue weighted by Crippen LogP contribution is 2.23. The number of nitrogens with zero attached hydrogens (tertiary/aromatic N) is 2. The molecule has 0 bridgehead atoms. The number of piperidine rings is 1. The standard InChI is InChI=1S/C16H24N4O/c17-12-5-6-14(15(18)10-12)16(21)20-9-3-4-13(11-20)19-7-1-2-8-19/h5-6,10,13H,1-4,7-9,11,17-18H2. The van der Waals surface area contributed by atoms with Crippen LogP contribution in [0.1, 0.15) is 36.0 Å². The van der Waals surface area contributed by atoms with E-state index >= 15 is 0 Å². The molecule has 4 N–H and O–H groups in total. The average Bonchev–Trinajstić information content (AvgIpc) is 3.01. The lowest BCUT2D eigenvalue weighted by Gasteiger charge is -2.37. The molecule has 0 aromatic heterocycles. The molecule has 2 saturated heterocycles. The van der Waals surface area contributed by atoms with Crippen LogP contribution in [0.4, 0.5) is 11.4 Å². The molecule has 114 valence electrons. The van der Waals surface area contributed by atoms with E-state index < -0.39 is 0 Å². The second kappa shape index (κ2) is 5.93. The molecule has 5 heteroatoms. The van der Waals surface area contributed by atoms with Gasteiger partial charge >= 0.3 is 0 Å². The molecule has 1 amide bonds. The van der Waals surface area contributed by atoms with E-state index in [4.69, 9.17) is 11.5 Å². The Hall–Kier alpha value is -1.75. The van der Waals surface area contributed by atoms with Crippen LogP contribution in [0.25, 0.3) is 0 Å². The van der Waals surface area contributed by atoms with Crippen LogP contribution in [0.15, 0.2) is 18.2 Å². The summed E-state index contributed by atoms with van der Waals surface area (Å²) in [4.78, 5) is 17.2. The molecule has 2 aliphatic rings. The maximum absolute atomic E-state index is 12.7. The van der Waals surface area contributed by atoms with Crippen molar-refractivity contribution in [3.05, 3.63) is 23.8 Å². The highest BCUT2D eigenvalue weighted by atomic mass is 16.2. The first-order valence-electron chi connectivity index (χ1n) is 7.83. The van der Waals surface area contributed by atoms with E-state index in [1.807, 2.05) is 4.90 Å². The van der Waals surface area contributed by atoms with Crippen LogP contribution in [0.5, 0.6) is 0 Å². The third-order valence-corrected chi connectivity index (χ3v) is 4.65. The lowest BCUT2D eigenvalue weighted by Crippen LogP contribution is -2.49. The maximum Gasteiger partial charge on any atom is 0.255 e.